The van der Waals surface area contributed by atoms with E-state index in [-0.39, 0.29) is 6.29 Å². The molecule has 0 amide bonds. The van der Waals surface area contributed by atoms with E-state index in [9.17, 15) is 5.11 Å². The minimum Gasteiger partial charge on any atom is -0.368 e. The van der Waals surface area contributed by atoms with Crippen molar-refractivity contribution in [1.29, 1.82) is 0 Å². The molecule has 4 heteroatoms. The molecule has 1 aliphatic heterocycles. The molecule has 1 saturated heterocycles. The van der Waals surface area contributed by atoms with Crippen molar-refractivity contribution >= 4 is 15.9 Å². The smallest absolute Gasteiger partial charge is 0.160 e. The first-order valence-electron chi connectivity index (χ1n) is 5.84. The van der Waals surface area contributed by atoms with Crippen molar-refractivity contribution in [3.05, 3.63) is 0 Å². The number of aliphatic hydroxyl groups is 1. The Labute approximate surface area is 100 Å². The van der Waals surface area contributed by atoms with Crippen LogP contribution in [-0.2, 0) is 9.47 Å². The van der Waals surface area contributed by atoms with Crippen LogP contribution in [-0.4, -0.2) is 29.6 Å². The molecule has 1 fully saturated rings. The summed E-state index contributed by atoms with van der Waals surface area (Å²) in [7, 11) is 0. The maximum absolute atomic E-state index is 9.59. The van der Waals surface area contributed by atoms with Crippen LogP contribution in [0.5, 0.6) is 0 Å². The molecular formula is C11H21BrO3. The lowest BCUT2D eigenvalue weighted by atomic mass is 10.2. The zero-order chi connectivity index (χ0) is 10.9. The van der Waals surface area contributed by atoms with Crippen LogP contribution in [0.2, 0.25) is 0 Å². The minimum atomic E-state index is -0.650. The van der Waals surface area contributed by atoms with Crippen molar-refractivity contribution in [3.63, 3.8) is 0 Å². The first-order chi connectivity index (χ1) is 7.33. The van der Waals surface area contributed by atoms with Gasteiger partial charge in [0, 0.05) is 11.9 Å². The van der Waals surface area contributed by atoms with Crippen molar-refractivity contribution in [2.75, 3.05) is 11.9 Å². The van der Waals surface area contributed by atoms with Gasteiger partial charge in [-0.15, -0.1) is 0 Å². The SMILES string of the molecule is OC(CCCCCBr)OC1CCCCO1. The van der Waals surface area contributed by atoms with Gasteiger partial charge in [0.25, 0.3) is 0 Å². The lowest BCUT2D eigenvalue weighted by Crippen LogP contribution is -2.27. The van der Waals surface area contributed by atoms with E-state index in [2.05, 4.69) is 15.9 Å². The zero-order valence-electron chi connectivity index (χ0n) is 9.16. The van der Waals surface area contributed by atoms with Gasteiger partial charge in [0.05, 0.1) is 0 Å². The molecule has 1 rings (SSSR count). The van der Waals surface area contributed by atoms with Gasteiger partial charge in [0.15, 0.2) is 12.6 Å². The third-order valence-electron chi connectivity index (χ3n) is 2.53. The summed E-state index contributed by atoms with van der Waals surface area (Å²) in [6.07, 6.45) is 6.37. The largest absolute Gasteiger partial charge is 0.368 e. The van der Waals surface area contributed by atoms with Crippen LogP contribution in [0, 0.1) is 0 Å². The van der Waals surface area contributed by atoms with Crippen LogP contribution >= 0.6 is 15.9 Å². The van der Waals surface area contributed by atoms with Crippen LogP contribution in [0.25, 0.3) is 0 Å². The quantitative estimate of drug-likeness (QED) is 0.443. The van der Waals surface area contributed by atoms with E-state index in [4.69, 9.17) is 9.47 Å². The topological polar surface area (TPSA) is 38.7 Å². The van der Waals surface area contributed by atoms with Gasteiger partial charge in [-0.2, -0.15) is 0 Å². The number of rotatable bonds is 7. The summed E-state index contributed by atoms with van der Waals surface area (Å²) in [5, 5.41) is 10.6. The van der Waals surface area contributed by atoms with Gasteiger partial charge >= 0.3 is 0 Å². The predicted octanol–water partition coefficient (Wildman–Crippen LogP) is 2.80. The van der Waals surface area contributed by atoms with Crippen molar-refractivity contribution in [3.8, 4) is 0 Å². The molecule has 0 bridgehead atoms. The van der Waals surface area contributed by atoms with Gasteiger partial charge < -0.3 is 14.6 Å². The average Bonchev–Trinajstić information content (AvgIpc) is 2.26. The highest BCUT2D eigenvalue weighted by atomic mass is 79.9. The summed E-state index contributed by atoms with van der Waals surface area (Å²) in [6, 6.07) is 0. The molecule has 15 heavy (non-hydrogen) atoms. The Balaban J connectivity index is 1.98. The van der Waals surface area contributed by atoms with Crippen LogP contribution in [0.1, 0.15) is 44.9 Å². The molecule has 1 aliphatic rings. The average molecular weight is 281 g/mol. The van der Waals surface area contributed by atoms with Crippen molar-refractivity contribution in [2.24, 2.45) is 0 Å². The molecule has 1 heterocycles. The first-order valence-corrected chi connectivity index (χ1v) is 6.96. The summed E-state index contributed by atoms with van der Waals surface area (Å²) >= 11 is 3.38. The molecular weight excluding hydrogens is 260 g/mol. The minimum absolute atomic E-state index is 0.176. The Hall–Kier alpha value is 0.360. The Morgan fingerprint density at radius 3 is 2.87 bits per heavy atom. The maximum Gasteiger partial charge on any atom is 0.160 e. The van der Waals surface area contributed by atoms with E-state index < -0.39 is 6.29 Å². The van der Waals surface area contributed by atoms with Crippen molar-refractivity contribution in [2.45, 2.75) is 57.5 Å². The van der Waals surface area contributed by atoms with E-state index in [1.54, 1.807) is 0 Å². The molecule has 0 aliphatic carbocycles. The van der Waals surface area contributed by atoms with Gasteiger partial charge in [-0.05, 0) is 38.5 Å². The number of alkyl halides is 1. The standard InChI is InChI=1S/C11H21BrO3/c12-8-4-1-2-6-10(13)15-11-7-3-5-9-14-11/h10-11,13H,1-9H2. The zero-order valence-corrected chi connectivity index (χ0v) is 10.7. The van der Waals surface area contributed by atoms with Crippen molar-refractivity contribution in [1.82, 2.24) is 0 Å². The van der Waals surface area contributed by atoms with Crippen LogP contribution in [0.4, 0.5) is 0 Å². The predicted molar refractivity (Wildman–Crippen MR) is 62.9 cm³/mol. The first kappa shape index (κ1) is 13.4. The highest BCUT2D eigenvalue weighted by Crippen LogP contribution is 2.16. The fraction of sp³-hybridized carbons (Fsp3) is 1.00. The van der Waals surface area contributed by atoms with Gasteiger partial charge in [-0.25, -0.2) is 0 Å². The fourth-order valence-electron chi connectivity index (χ4n) is 1.65. The van der Waals surface area contributed by atoms with E-state index in [1.165, 1.54) is 0 Å². The van der Waals surface area contributed by atoms with Crippen molar-refractivity contribution < 1.29 is 14.6 Å². The van der Waals surface area contributed by atoms with Gasteiger partial charge in [-0.3, -0.25) is 0 Å². The third-order valence-corrected chi connectivity index (χ3v) is 3.09. The summed E-state index contributed by atoms with van der Waals surface area (Å²) in [5.74, 6) is 0. The molecule has 0 spiro atoms. The molecule has 2 atom stereocenters. The lowest BCUT2D eigenvalue weighted by Gasteiger charge is -2.25. The van der Waals surface area contributed by atoms with E-state index in [1.807, 2.05) is 0 Å². The second-order valence-electron chi connectivity index (χ2n) is 3.93. The van der Waals surface area contributed by atoms with Gasteiger partial charge in [0.2, 0.25) is 0 Å². The molecule has 3 nitrogen and oxygen atoms in total. The number of halogens is 1. The molecule has 2 unspecified atom stereocenters. The fourth-order valence-corrected chi connectivity index (χ4v) is 2.05. The highest BCUT2D eigenvalue weighted by molar-refractivity contribution is 9.09. The van der Waals surface area contributed by atoms with Gasteiger partial charge in [0.1, 0.15) is 0 Å². The molecule has 0 aromatic carbocycles. The molecule has 0 saturated carbocycles. The summed E-state index contributed by atoms with van der Waals surface area (Å²) in [4.78, 5) is 0. The van der Waals surface area contributed by atoms with Gasteiger partial charge in [-0.1, -0.05) is 22.4 Å². The summed E-state index contributed by atoms with van der Waals surface area (Å²) in [5.41, 5.74) is 0. The summed E-state index contributed by atoms with van der Waals surface area (Å²) < 4.78 is 10.8. The number of hydrogen-bond donors (Lipinski definition) is 1. The van der Waals surface area contributed by atoms with Crippen LogP contribution < -0.4 is 0 Å². The molecule has 0 radical (unpaired) electrons. The third kappa shape index (κ3) is 6.51. The number of ether oxygens (including phenoxy) is 2. The molecule has 1 N–H and O–H groups in total. The number of unbranched alkanes of at least 4 members (excludes halogenated alkanes) is 2. The Morgan fingerprint density at radius 2 is 2.20 bits per heavy atom. The Kier molecular flexibility index (Phi) is 7.61. The lowest BCUT2D eigenvalue weighted by molar-refractivity contribution is -0.241. The second kappa shape index (κ2) is 8.50. The maximum atomic E-state index is 9.59. The number of hydrogen-bond acceptors (Lipinski definition) is 3. The summed E-state index contributed by atoms with van der Waals surface area (Å²) in [6.45, 7) is 0.765. The van der Waals surface area contributed by atoms with E-state index in [0.717, 1.165) is 50.5 Å². The number of aliphatic hydroxyl groups excluding tert-OH is 1. The molecule has 0 aromatic heterocycles. The second-order valence-corrected chi connectivity index (χ2v) is 4.72. The van der Waals surface area contributed by atoms with Crippen LogP contribution in [0.15, 0.2) is 0 Å². The Morgan fingerprint density at radius 1 is 1.33 bits per heavy atom. The molecule has 90 valence electrons. The van der Waals surface area contributed by atoms with Crippen LogP contribution in [0.3, 0.4) is 0 Å². The molecule has 0 aromatic rings. The van der Waals surface area contributed by atoms with E-state index in [0.29, 0.717) is 6.42 Å². The Bertz CT molecular complexity index is 149. The normalized spacial score (nSPS) is 24.0. The van der Waals surface area contributed by atoms with E-state index >= 15 is 0 Å². The monoisotopic (exact) mass is 280 g/mol. The highest BCUT2D eigenvalue weighted by Gasteiger charge is 2.17.